The summed E-state index contributed by atoms with van der Waals surface area (Å²) in [7, 11) is 0. The number of esters is 1. The van der Waals surface area contributed by atoms with E-state index in [9.17, 15) is 9.59 Å². The molecule has 0 aromatic carbocycles. The lowest BCUT2D eigenvalue weighted by Crippen LogP contribution is -2.47. The first-order chi connectivity index (χ1) is 8.17. The van der Waals surface area contributed by atoms with Crippen LogP contribution in [-0.2, 0) is 14.3 Å². The van der Waals surface area contributed by atoms with Gasteiger partial charge in [-0.3, -0.25) is 0 Å². The molecule has 0 rings (SSSR count). The number of carbonyl (C=O) groups excluding carboxylic acids is 2. The highest BCUT2D eigenvalue weighted by atomic mass is 16.6. The summed E-state index contributed by atoms with van der Waals surface area (Å²) >= 11 is 0. The minimum absolute atomic E-state index is 0.0881. The summed E-state index contributed by atoms with van der Waals surface area (Å²) in [6, 6.07) is -0.722. The lowest BCUT2D eigenvalue weighted by Gasteiger charge is -2.24. The molecule has 0 aromatic heterocycles. The second-order valence-corrected chi connectivity index (χ2v) is 5.29. The molecule has 0 bridgehead atoms. The van der Waals surface area contributed by atoms with Gasteiger partial charge in [-0.05, 0) is 26.7 Å². The van der Waals surface area contributed by atoms with Crippen LogP contribution in [0.2, 0.25) is 0 Å². The molecule has 104 valence electrons. The Bertz CT molecular complexity index is 305. The van der Waals surface area contributed by atoms with Gasteiger partial charge in [-0.2, -0.15) is 0 Å². The van der Waals surface area contributed by atoms with Crippen LogP contribution in [0, 0.1) is 5.92 Å². The predicted octanol–water partition coefficient (Wildman–Crippen LogP) is 2.26. The van der Waals surface area contributed by atoms with Gasteiger partial charge in [0.1, 0.15) is 18.2 Å². The van der Waals surface area contributed by atoms with E-state index < -0.39 is 23.7 Å². The van der Waals surface area contributed by atoms with Crippen LogP contribution >= 0.6 is 0 Å². The zero-order valence-electron chi connectivity index (χ0n) is 11.8. The van der Waals surface area contributed by atoms with E-state index in [1.54, 1.807) is 20.8 Å². The maximum absolute atomic E-state index is 11.7. The van der Waals surface area contributed by atoms with E-state index in [1.165, 1.54) is 6.08 Å². The van der Waals surface area contributed by atoms with Gasteiger partial charge in [-0.1, -0.05) is 26.5 Å². The smallest absolute Gasteiger partial charge is 0.408 e. The van der Waals surface area contributed by atoms with Crippen LogP contribution in [0.3, 0.4) is 0 Å². The molecular weight excluding hydrogens is 234 g/mol. The Hall–Kier alpha value is -1.52. The third-order valence-corrected chi connectivity index (χ3v) is 1.94. The largest absolute Gasteiger partial charge is 0.460 e. The number of carbonyl (C=O) groups is 2. The van der Waals surface area contributed by atoms with E-state index in [1.807, 2.05) is 13.8 Å². The third kappa shape index (κ3) is 6.93. The van der Waals surface area contributed by atoms with E-state index >= 15 is 0 Å². The molecule has 0 radical (unpaired) electrons. The van der Waals surface area contributed by atoms with Gasteiger partial charge in [0.05, 0.1) is 0 Å². The predicted molar refractivity (Wildman–Crippen MR) is 69.2 cm³/mol. The van der Waals surface area contributed by atoms with E-state index in [4.69, 9.17) is 9.47 Å². The van der Waals surface area contributed by atoms with Crippen LogP contribution < -0.4 is 5.32 Å². The normalized spacial score (nSPS) is 12.8. The van der Waals surface area contributed by atoms with Crippen LogP contribution in [0.4, 0.5) is 4.79 Å². The molecule has 5 heteroatoms. The molecule has 18 heavy (non-hydrogen) atoms. The minimum atomic E-state index is -0.722. The Balaban J connectivity index is 4.49. The van der Waals surface area contributed by atoms with Gasteiger partial charge in [0.15, 0.2) is 0 Å². The quantitative estimate of drug-likeness (QED) is 0.606. The van der Waals surface area contributed by atoms with Crippen molar-refractivity contribution < 1.29 is 19.1 Å². The molecule has 0 aliphatic carbocycles. The van der Waals surface area contributed by atoms with Gasteiger partial charge < -0.3 is 14.8 Å². The van der Waals surface area contributed by atoms with Crippen LogP contribution in [0.15, 0.2) is 12.7 Å². The molecule has 0 aliphatic rings. The summed E-state index contributed by atoms with van der Waals surface area (Å²) in [5, 5.41) is 2.51. The number of nitrogens with one attached hydrogen (secondary N) is 1. The molecule has 1 amide bonds. The van der Waals surface area contributed by atoms with Crippen molar-refractivity contribution in [2.24, 2.45) is 5.92 Å². The Morgan fingerprint density at radius 3 is 2.28 bits per heavy atom. The van der Waals surface area contributed by atoms with E-state index in [-0.39, 0.29) is 12.5 Å². The van der Waals surface area contributed by atoms with Crippen molar-refractivity contribution in [1.29, 1.82) is 0 Å². The third-order valence-electron chi connectivity index (χ3n) is 1.94. The van der Waals surface area contributed by atoms with Gasteiger partial charge in [0, 0.05) is 0 Å². The number of ether oxygens (including phenoxy) is 2. The van der Waals surface area contributed by atoms with E-state index in [0.29, 0.717) is 0 Å². The molecule has 0 heterocycles. The summed E-state index contributed by atoms with van der Waals surface area (Å²) in [6.45, 7) is 12.5. The van der Waals surface area contributed by atoms with Crippen molar-refractivity contribution in [3.63, 3.8) is 0 Å². The van der Waals surface area contributed by atoms with E-state index in [0.717, 1.165) is 0 Å². The van der Waals surface area contributed by atoms with Crippen molar-refractivity contribution in [1.82, 2.24) is 5.32 Å². The second kappa shape index (κ2) is 7.03. The fraction of sp³-hybridized carbons (Fsp3) is 0.692. The molecule has 0 fully saturated rings. The van der Waals surface area contributed by atoms with Gasteiger partial charge >= 0.3 is 12.1 Å². The van der Waals surface area contributed by atoms with Gasteiger partial charge in [0.25, 0.3) is 0 Å². The highest BCUT2D eigenvalue weighted by Gasteiger charge is 2.27. The monoisotopic (exact) mass is 257 g/mol. The summed E-state index contributed by atoms with van der Waals surface area (Å²) in [5.74, 6) is -0.578. The Labute approximate surface area is 109 Å². The van der Waals surface area contributed by atoms with Crippen molar-refractivity contribution in [2.75, 3.05) is 6.61 Å². The average Bonchev–Trinajstić information content (AvgIpc) is 2.19. The SMILES string of the molecule is C=CCOC(=O)C(NC(=O)OC(C)(C)C)C(C)C. The second-order valence-electron chi connectivity index (χ2n) is 5.29. The molecule has 0 saturated heterocycles. The Morgan fingerprint density at radius 1 is 1.33 bits per heavy atom. The zero-order valence-corrected chi connectivity index (χ0v) is 11.8. The molecule has 0 spiro atoms. The highest BCUT2D eigenvalue weighted by Crippen LogP contribution is 2.09. The van der Waals surface area contributed by atoms with Crippen molar-refractivity contribution in [3.05, 3.63) is 12.7 Å². The Morgan fingerprint density at radius 2 is 1.89 bits per heavy atom. The van der Waals surface area contributed by atoms with Crippen LogP contribution in [0.25, 0.3) is 0 Å². The Kier molecular flexibility index (Phi) is 6.44. The van der Waals surface area contributed by atoms with Crippen molar-refractivity contribution in [3.8, 4) is 0 Å². The fourth-order valence-corrected chi connectivity index (χ4v) is 1.16. The van der Waals surface area contributed by atoms with Gasteiger partial charge in [0.2, 0.25) is 0 Å². The first-order valence-electron chi connectivity index (χ1n) is 5.94. The number of hydrogen-bond acceptors (Lipinski definition) is 4. The molecule has 0 aromatic rings. The number of hydrogen-bond donors (Lipinski definition) is 1. The first kappa shape index (κ1) is 16.5. The summed E-state index contributed by atoms with van der Waals surface area (Å²) in [6.07, 6.45) is 0.847. The number of alkyl carbamates (subject to hydrolysis) is 1. The van der Waals surface area contributed by atoms with E-state index in [2.05, 4.69) is 11.9 Å². The first-order valence-corrected chi connectivity index (χ1v) is 5.94. The molecule has 1 unspecified atom stereocenters. The topological polar surface area (TPSA) is 64.6 Å². The van der Waals surface area contributed by atoms with Crippen LogP contribution in [0.5, 0.6) is 0 Å². The summed E-state index contributed by atoms with van der Waals surface area (Å²) in [5.41, 5.74) is -0.601. The summed E-state index contributed by atoms with van der Waals surface area (Å²) < 4.78 is 10.0. The molecule has 5 nitrogen and oxygen atoms in total. The minimum Gasteiger partial charge on any atom is -0.460 e. The van der Waals surface area contributed by atoms with Gasteiger partial charge in [-0.15, -0.1) is 0 Å². The molecule has 1 N–H and O–H groups in total. The fourth-order valence-electron chi connectivity index (χ4n) is 1.16. The van der Waals surface area contributed by atoms with Crippen LogP contribution in [-0.4, -0.2) is 30.3 Å². The summed E-state index contributed by atoms with van der Waals surface area (Å²) in [4.78, 5) is 23.3. The lowest BCUT2D eigenvalue weighted by molar-refractivity contribution is -0.146. The lowest BCUT2D eigenvalue weighted by atomic mass is 10.1. The zero-order chi connectivity index (χ0) is 14.3. The van der Waals surface area contributed by atoms with Gasteiger partial charge in [-0.25, -0.2) is 9.59 Å². The molecule has 0 aliphatic heterocycles. The standard InChI is InChI=1S/C13H23NO4/c1-7-8-17-11(15)10(9(2)3)14-12(16)18-13(4,5)6/h7,9-10H,1,8H2,2-6H3,(H,14,16). The number of rotatable bonds is 5. The average molecular weight is 257 g/mol. The van der Waals surface area contributed by atoms with Crippen LogP contribution in [0.1, 0.15) is 34.6 Å². The molecule has 0 saturated carbocycles. The highest BCUT2D eigenvalue weighted by molar-refractivity contribution is 5.81. The number of amides is 1. The molecule has 1 atom stereocenters. The maximum atomic E-state index is 11.7. The van der Waals surface area contributed by atoms with Crippen molar-refractivity contribution >= 4 is 12.1 Å². The maximum Gasteiger partial charge on any atom is 0.408 e. The van der Waals surface area contributed by atoms with Crippen molar-refractivity contribution in [2.45, 2.75) is 46.3 Å². The molecular formula is C13H23NO4.